The van der Waals surface area contributed by atoms with Crippen LogP contribution in [-0.4, -0.2) is 71.5 Å². The van der Waals surface area contributed by atoms with Crippen LogP contribution in [0.15, 0.2) is 83.8 Å². The van der Waals surface area contributed by atoms with E-state index in [4.69, 9.17) is 10.7 Å². The molecule has 1 atom stereocenters. The summed E-state index contributed by atoms with van der Waals surface area (Å²) >= 11 is 0. The third-order valence-electron chi connectivity index (χ3n) is 9.27. The summed E-state index contributed by atoms with van der Waals surface area (Å²) in [5.74, 6) is 1.94. The summed E-state index contributed by atoms with van der Waals surface area (Å²) in [6, 6.07) is 21.1. The van der Waals surface area contributed by atoms with Crippen LogP contribution in [-0.2, 0) is 0 Å². The maximum absolute atomic E-state index is 6.52. The van der Waals surface area contributed by atoms with E-state index in [1.165, 1.54) is 58.4 Å². The zero-order valence-electron chi connectivity index (χ0n) is 23.3. The molecule has 3 aliphatic heterocycles. The Morgan fingerprint density at radius 2 is 1.68 bits per heavy atom. The largest absolute Gasteiger partial charge is 0.382 e. The van der Waals surface area contributed by atoms with Crippen LogP contribution in [0.1, 0.15) is 31.2 Å². The predicted octanol–water partition coefficient (Wildman–Crippen LogP) is 4.70. The molecule has 1 unspecified atom stereocenters. The fraction of sp³-hybridized carbons (Fsp3) is 0.394. The van der Waals surface area contributed by atoms with Gasteiger partial charge in [-0.15, -0.1) is 0 Å². The minimum Gasteiger partial charge on any atom is -0.382 e. The third kappa shape index (κ3) is 4.88. The second-order valence-electron chi connectivity index (χ2n) is 11.9. The molecule has 2 aromatic carbocycles. The SMILES string of the molecule is CN1CCN(C[C@H]2CC[C@H](C3NC(c4ccc5ccc(-c6ccccc6)nc5c4)=C4C(N)=NC=CN43)CC2)CC1. The number of benzene rings is 2. The van der Waals surface area contributed by atoms with Gasteiger partial charge in [-0.3, -0.25) is 0 Å². The van der Waals surface area contributed by atoms with Crippen molar-refractivity contribution in [2.45, 2.75) is 31.8 Å². The normalized spacial score (nSPS) is 25.7. The average molecular weight is 534 g/mol. The monoisotopic (exact) mass is 533 g/mol. The van der Waals surface area contributed by atoms with Gasteiger partial charge in [0, 0.05) is 61.6 Å². The second kappa shape index (κ2) is 10.7. The van der Waals surface area contributed by atoms with Gasteiger partial charge in [-0.05, 0) is 56.7 Å². The van der Waals surface area contributed by atoms with Gasteiger partial charge in [-0.1, -0.05) is 48.5 Å². The van der Waals surface area contributed by atoms with Gasteiger partial charge >= 0.3 is 0 Å². The van der Waals surface area contributed by atoms with Gasteiger partial charge < -0.3 is 25.8 Å². The minimum atomic E-state index is 0.194. The molecule has 3 aromatic rings. The fourth-order valence-electron chi connectivity index (χ4n) is 6.92. The van der Waals surface area contributed by atoms with Gasteiger partial charge in [0.05, 0.1) is 16.9 Å². The van der Waals surface area contributed by atoms with Gasteiger partial charge in [-0.25, -0.2) is 9.98 Å². The van der Waals surface area contributed by atoms with Crippen molar-refractivity contribution in [2.24, 2.45) is 22.6 Å². The van der Waals surface area contributed by atoms with E-state index >= 15 is 0 Å². The van der Waals surface area contributed by atoms with Gasteiger partial charge in [-0.2, -0.15) is 0 Å². The molecule has 1 saturated carbocycles. The Labute approximate surface area is 237 Å². The first kappa shape index (κ1) is 25.3. The Bertz CT molecular complexity index is 1460. The van der Waals surface area contributed by atoms with E-state index in [2.05, 4.69) is 92.9 Å². The first-order chi connectivity index (χ1) is 19.6. The predicted molar refractivity (Wildman–Crippen MR) is 163 cm³/mol. The standard InChI is InChI=1S/C33H39N7/c1-38-17-19-39(20-18-38)22-23-7-9-26(10-8-23)33-37-30(31-32(34)35-15-16-40(31)33)27-12-11-25-13-14-28(36-29(25)21-27)24-5-3-2-4-6-24/h2-6,11-16,21,23,26,33,37H,7-10,17-20,22H2,1H3,(H2,34,35)/t23-,26-,33?. The van der Waals surface area contributed by atoms with E-state index in [1.54, 1.807) is 0 Å². The van der Waals surface area contributed by atoms with E-state index in [0.717, 1.165) is 45.0 Å². The Balaban J connectivity index is 1.11. The van der Waals surface area contributed by atoms with E-state index < -0.39 is 0 Å². The number of pyridine rings is 1. The van der Waals surface area contributed by atoms with Crippen molar-refractivity contribution in [1.82, 2.24) is 25.0 Å². The Morgan fingerprint density at radius 3 is 2.48 bits per heavy atom. The highest BCUT2D eigenvalue weighted by atomic mass is 15.3. The molecule has 0 bridgehead atoms. The Kier molecular flexibility index (Phi) is 6.77. The lowest BCUT2D eigenvalue weighted by Crippen LogP contribution is -2.47. The molecule has 0 radical (unpaired) electrons. The van der Waals surface area contributed by atoms with Gasteiger partial charge in [0.2, 0.25) is 0 Å². The summed E-state index contributed by atoms with van der Waals surface area (Å²) in [5.41, 5.74) is 12.8. The molecule has 206 valence electrons. The van der Waals surface area contributed by atoms with E-state index in [0.29, 0.717) is 11.8 Å². The molecule has 1 aromatic heterocycles. The van der Waals surface area contributed by atoms with Crippen LogP contribution in [0, 0.1) is 11.8 Å². The van der Waals surface area contributed by atoms with Crippen molar-refractivity contribution in [2.75, 3.05) is 39.8 Å². The van der Waals surface area contributed by atoms with E-state index in [9.17, 15) is 0 Å². The van der Waals surface area contributed by atoms with Crippen molar-refractivity contribution >= 4 is 22.4 Å². The summed E-state index contributed by atoms with van der Waals surface area (Å²) in [4.78, 5) is 17.0. The lowest BCUT2D eigenvalue weighted by molar-refractivity contribution is 0.106. The number of hydrogen-bond acceptors (Lipinski definition) is 7. The van der Waals surface area contributed by atoms with Crippen LogP contribution < -0.4 is 11.1 Å². The maximum Gasteiger partial charge on any atom is 0.149 e. The molecular formula is C33H39N7. The molecule has 7 heteroatoms. The zero-order chi connectivity index (χ0) is 27.1. The van der Waals surface area contributed by atoms with Crippen LogP contribution in [0.2, 0.25) is 0 Å². The summed E-state index contributed by atoms with van der Waals surface area (Å²) in [6.07, 6.45) is 9.18. The molecule has 7 nitrogen and oxygen atoms in total. The number of fused-ring (bicyclic) bond motifs is 2. The molecular weight excluding hydrogens is 494 g/mol. The number of nitrogens with two attached hydrogens (primary N) is 1. The van der Waals surface area contributed by atoms with Crippen LogP contribution in [0.3, 0.4) is 0 Å². The van der Waals surface area contributed by atoms with Crippen LogP contribution in [0.25, 0.3) is 27.9 Å². The number of aromatic nitrogens is 1. The molecule has 7 rings (SSSR count). The molecule has 0 spiro atoms. The number of rotatable bonds is 5. The molecule has 4 heterocycles. The quantitative estimate of drug-likeness (QED) is 0.496. The highest BCUT2D eigenvalue weighted by molar-refractivity contribution is 6.05. The summed E-state index contributed by atoms with van der Waals surface area (Å²) in [7, 11) is 2.23. The van der Waals surface area contributed by atoms with Gasteiger partial charge in [0.15, 0.2) is 0 Å². The highest BCUT2D eigenvalue weighted by Crippen LogP contribution is 2.39. The van der Waals surface area contributed by atoms with Crippen molar-refractivity contribution in [3.63, 3.8) is 0 Å². The summed E-state index contributed by atoms with van der Waals surface area (Å²) < 4.78 is 0. The van der Waals surface area contributed by atoms with Gasteiger partial charge in [0.1, 0.15) is 17.7 Å². The Hall–Kier alpha value is -3.68. The fourth-order valence-corrected chi connectivity index (χ4v) is 6.92. The molecule has 1 aliphatic carbocycles. The number of amidine groups is 1. The van der Waals surface area contributed by atoms with Crippen molar-refractivity contribution in [3.05, 3.63) is 84.3 Å². The smallest absolute Gasteiger partial charge is 0.149 e. The van der Waals surface area contributed by atoms with Crippen molar-refractivity contribution in [3.8, 4) is 11.3 Å². The number of nitrogens with zero attached hydrogens (tertiary/aromatic N) is 5. The highest BCUT2D eigenvalue weighted by Gasteiger charge is 2.40. The lowest BCUT2D eigenvalue weighted by atomic mass is 9.80. The summed E-state index contributed by atoms with van der Waals surface area (Å²) in [6.45, 7) is 6.07. The zero-order valence-corrected chi connectivity index (χ0v) is 23.3. The number of aliphatic imine (C=N–C) groups is 1. The molecule has 2 fully saturated rings. The molecule has 1 saturated heterocycles. The van der Waals surface area contributed by atoms with E-state index in [1.807, 2.05) is 12.3 Å². The summed E-state index contributed by atoms with van der Waals surface area (Å²) in [5, 5.41) is 5.04. The Morgan fingerprint density at radius 1 is 0.900 bits per heavy atom. The van der Waals surface area contributed by atoms with Gasteiger partial charge in [0.25, 0.3) is 0 Å². The van der Waals surface area contributed by atoms with Crippen LogP contribution in [0.4, 0.5) is 0 Å². The van der Waals surface area contributed by atoms with Crippen LogP contribution in [0.5, 0.6) is 0 Å². The number of likely N-dealkylation sites (N-methyl/N-ethyl adjacent to an activating group) is 1. The molecule has 4 aliphatic rings. The lowest BCUT2D eigenvalue weighted by Gasteiger charge is -2.39. The number of piperazine rings is 1. The molecule has 0 amide bonds. The average Bonchev–Trinajstić information content (AvgIpc) is 3.40. The minimum absolute atomic E-state index is 0.194. The topological polar surface area (TPSA) is 73.0 Å². The number of hydrogen-bond donors (Lipinski definition) is 2. The molecule has 3 N–H and O–H groups in total. The first-order valence-corrected chi connectivity index (χ1v) is 14.8. The van der Waals surface area contributed by atoms with E-state index in [-0.39, 0.29) is 6.17 Å². The maximum atomic E-state index is 6.52. The van der Waals surface area contributed by atoms with Crippen molar-refractivity contribution in [1.29, 1.82) is 0 Å². The molecule has 40 heavy (non-hydrogen) atoms. The first-order valence-electron chi connectivity index (χ1n) is 14.8. The second-order valence-corrected chi connectivity index (χ2v) is 11.9. The van der Waals surface area contributed by atoms with Crippen molar-refractivity contribution < 1.29 is 0 Å². The number of nitrogens with one attached hydrogen (secondary N) is 1. The third-order valence-corrected chi connectivity index (χ3v) is 9.27. The van der Waals surface area contributed by atoms with Crippen LogP contribution >= 0.6 is 0 Å².